The van der Waals surface area contributed by atoms with Crippen LogP contribution in [0.2, 0.25) is 0 Å². The predicted octanol–water partition coefficient (Wildman–Crippen LogP) is 3.63. The Morgan fingerprint density at radius 1 is 1.35 bits per heavy atom. The number of aromatic nitrogens is 2. The van der Waals surface area contributed by atoms with Crippen LogP contribution in [0.1, 0.15) is 30.0 Å². The van der Waals surface area contributed by atoms with Gasteiger partial charge in [-0.2, -0.15) is 5.10 Å². The van der Waals surface area contributed by atoms with Gasteiger partial charge in [0.2, 0.25) is 0 Å². The van der Waals surface area contributed by atoms with E-state index in [1.165, 1.54) is 6.07 Å². The van der Waals surface area contributed by atoms with Crippen molar-refractivity contribution in [1.82, 2.24) is 9.78 Å². The molecule has 2 nitrogen and oxygen atoms in total. The lowest BCUT2D eigenvalue weighted by atomic mass is 10.2. The number of hydrogen-bond donors (Lipinski definition) is 0. The van der Waals surface area contributed by atoms with Gasteiger partial charge < -0.3 is 0 Å². The van der Waals surface area contributed by atoms with E-state index in [0.29, 0.717) is 17.5 Å². The number of hydrogen-bond acceptors (Lipinski definition) is 1. The summed E-state index contributed by atoms with van der Waals surface area (Å²) < 4.78 is 15.5. The summed E-state index contributed by atoms with van der Waals surface area (Å²) in [6, 6.07) is 6.69. The average molecular weight is 251 g/mol. The standard InChI is InChI=1S/C13H12ClFN2/c14-7-10-8-16-17(13(10)9-5-6-9)12-4-2-1-3-11(12)15/h1-4,8-9H,5-7H2. The largest absolute Gasteiger partial charge is 0.234 e. The van der Waals surface area contributed by atoms with Gasteiger partial charge in [0.25, 0.3) is 0 Å². The molecule has 0 bridgehead atoms. The molecule has 0 unspecified atom stereocenters. The Balaban J connectivity index is 2.14. The molecule has 1 aromatic carbocycles. The Morgan fingerprint density at radius 3 is 2.76 bits per heavy atom. The molecule has 3 rings (SSSR count). The molecule has 0 radical (unpaired) electrons. The van der Waals surface area contributed by atoms with Crippen molar-refractivity contribution in [2.75, 3.05) is 0 Å². The molecule has 1 aliphatic rings. The lowest BCUT2D eigenvalue weighted by Crippen LogP contribution is -2.04. The van der Waals surface area contributed by atoms with Crippen molar-refractivity contribution in [3.63, 3.8) is 0 Å². The van der Waals surface area contributed by atoms with Gasteiger partial charge in [-0.25, -0.2) is 9.07 Å². The Kier molecular flexibility index (Phi) is 2.63. The van der Waals surface area contributed by atoms with Gasteiger partial charge in [-0.3, -0.25) is 0 Å². The summed E-state index contributed by atoms with van der Waals surface area (Å²) in [5.74, 6) is 0.671. The van der Waals surface area contributed by atoms with Crippen molar-refractivity contribution in [2.45, 2.75) is 24.6 Å². The molecular formula is C13H12ClFN2. The van der Waals surface area contributed by atoms with Crippen LogP contribution in [0.25, 0.3) is 5.69 Å². The maximum atomic E-state index is 13.8. The second-order valence-corrected chi connectivity index (χ2v) is 4.59. The number of alkyl halides is 1. The monoisotopic (exact) mass is 250 g/mol. The number of para-hydroxylation sites is 1. The van der Waals surface area contributed by atoms with Crippen LogP contribution in [0.15, 0.2) is 30.5 Å². The molecule has 17 heavy (non-hydrogen) atoms. The molecule has 0 aliphatic heterocycles. The van der Waals surface area contributed by atoms with Crippen LogP contribution in [0.3, 0.4) is 0 Å². The molecule has 1 fully saturated rings. The minimum absolute atomic E-state index is 0.251. The zero-order chi connectivity index (χ0) is 11.8. The Hall–Kier alpha value is -1.35. The Morgan fingerprint density at radius 2 is 2.12 bits per heavy atom. The molecule has 0 saturated heterocycles. The normalized spacial score (nSPS) is 15.2. The molecule has 1 aromatic heterocycles. The highest BCUT2D eigenvalue weighted by Gasteiger charge is 2.30. The van der Waals surface area contributed by atoms with E-state index in [-0.39, 0.29) is 5.82 Å². The van der Waals surface area contributed by atoms with Crippen LogP contribution in [-0.4, -0.2) is 9.78 Å². The van der Waals surface area contributed by atoms with E-state index >= 15 is 0 Å². The summed E-state index contributed by atoms with van der Waals surface area (Å²) in [6.07, 6.45) is 4.03. The maximum absolute atomic E-state index is 13.8. The molecule has 0 N–H and O–H groups in total. The molecule has 1 aliphatic carbocycles. The molecule has 2 aromatic rings. The molecule has 4 heteroatoms. The second-order valence-electron chi connectivity index (χ2n) is 4.33. The molecule has 1 saturated carbocycles. The van der Waals surface area contributed by atoms with E-state index in [1.807, 2.05) is 6.07 Å². The fourth-order valence-corrected chi connectivity index (χ4v) is 2.31. The quantitative estimate of drug-likeness (QED) is 0.761. The van der Waals surface area contributed by atoms with Crippen LogP contribution in [0.4, 0.5) is 4.39 Å². The van der Waals surface area contributed by atoms with Crippen molar-refractivity contribution in [3.05, 3.63) is 47.5 Å². The predicted molar refractivity (Wildman–Crippen MR) is 65.1 cm³/mol. The Bertz CT molecular complexity index is 546. The van der Waals surface area contributed by atoms with Gasteiger partial charge in [0, 0.05) is 11.5 Å². The first-order valence-corrected chi connectivity index (χ1v) is 6.22. The lowest BCUT2D eigenvalue weighted by molar-refractivity contribution is 0.606. The SMILES string of the molecule is Fc1ccccc1-n1ncc(CCl)c1C1CC1. The molecule has 0 amide bonds. The van der Waals surface area contributed by atoms with Crippen LogP contribution in [0.5, 0.6) is 0 Å². The molecule has 88 valence electrons. The zero-order valence-electron chi connectivity index (χ0n) is 9.24. The van der Waals surface area contributed by atoms with E-state index in [4.69, 9.17) is 11.6 Å². The van der Waals surface area contributed by atoms with E-state index in [0.717, 1.165) is 24.1 Å². The number of rotatable bonds is 3. The van der Waals surface area contributed by atoms with Gasteiger partial charge in [0.1, 0.15) is 11.5 Å². The molecule has 0 spiro atoms. The third-order valence-electron chi connectivity index (χ3n) is 3.07. The minimum Gasteiger partial charge on any atom is -0.234 e. The minimum atomic E-state index is -0.251. The fraction of sp³-hybridized carbons (Fsp3) is 0.308. The summed E-state index contributed by atoms with van der Waals surface area (Å²) in [6.45, 7) is 0. The Labute approximate surface area is 104 Å². The van der Waals surface area contributed by atoms with E-state index in [2.05, 4.69) is 5.10 Å². The van der Waals surface area contributed by atoms with Crippen molar-refractivity contribution < 1.29 is 4.39 Å². The third-order valence-corrected chi connectivity index (χ3v) is 3.36. The molecule has 1 heterocycles. The number of nitrogens with zero attached hydrogens (tertiary/aromatic N) is 2. The average Bonchev–Trinajstić information content (AvgIpc) is 3.10. The highest BCUT2D eigenvalue weighted by atomic mass is 35.5. The third kappa shape index (κ3) is 1.84. The highest BCUT2D eigenvalue weighted by Crippen LogP contribution is 2.42. The van der Waals surface area contributed by atoms with Gasteiger partial charge in [0.05, 0.1) is 17.8 Å². The number of halogens is 2. The van der Waals surface area contributed by atoms with Crippen molar-refractivity contribution in [2.24, 2.45) is 0 Å². The van der Waals surface area contributed by atoms with Gasteiger partial charge >= 0.3 is 0 Å². The van der Waals surface area contributed by atoms with E-state index in [1.54, 1.807) is 23.0 Å². The highest BCUT2D eigenvalue weighted by molar-refractivity contribution is 6.17. The van der Waals surface area contributed by atoms with Crippen LogP contribution in [0, 0.1) is 5.82 Å². The summed E-state index contributed by atoms with van der Waals surface area (Å²) in [4.78, 5) is 0. The van der Waals surface area contributed by atoms with Crippen molar-refractivity contribution in [1.29, 1.82) is 0 Å². The van der Waals surface area contributed by atoms with Crippen LogP contribution < -0.4 is 0 Å². The van der Waals surface area contributed by atoms with Gasteiger partial charge in [-0.05, 0) is 25.0 Å². The molecule has 0 atom stereocenters. The first-order valence-electron chi connectivity index (χ1n) is 5.69. The van der Waals surface area contributed by atoms with Gasteiger partial charge in [-0.15, -0.1) is 11.6 Å². The van der Waals surface area contributed by atoms with Crippen molar-refractivity contribution >= 4 is 11.6 Å². The summed E-state index contributed by atoms with van der Waals surface area (Å²) >= 11 is 5.90. The first-order chi connectivity index (χ1) is 8.31. The summed E-state index contributed by atoms with van der Waals surface area (Å²) in [5.41, 5.74) is 2.59. The van der Waals surface area contributed by atoms with E-state index in [9.17, 15) is 4.39 Å². The number of benzene rings is 1. The van der Waals surface area contributed by atoms with Gasteiger partial charge in [-0.1, -0.05) is 12.1 Å². The topological polar surface area (TPSA) is 17.8 Å². The summed E-state index contributed by atoms with van der Waals surface area (Å²) in [7, 11) is 0. The molecular weight excluding hydrogens is 239 g/mol. The maximum Gasteiger partial charge on any atom is 0.148 e. The summed E-state index contributed by atoms with van der Waals surface area (Å²) in [5, 5.41) is 4.27. The first kappa shape index (κ1) is 10.8. The zero-order valence-corrected chi connectivity index (χ0v) is 9.99. The van der Waals surface area contributed by atoms with Crippen LogP contribution >= 0.6 is 11.6 Å². The fourth-order valence-electron chi connectivity index (χ4n) is 2.10. The van der Waals surface area contributed by atoms with Crippen LogP contribution in [-0.2, 0) is 5.88 Å². The lowest BCUT2D eigenvalue weighted by Gasteiger charge is -2.08. The second kappa shape index (κ2) is 4.15. The van der Waals surface area contributed by atoms with Crippen molar-refractivity contribution in [3.8, 4) is 5.69 Å². The van der Waals surface area contributed by atoms with E-state index < -0.39 is 0 Å². The van der Waals surface area contributed by atoms with Gasteiger partial charge in [0.15, 0.2) is 0 Å². The smallest absolute Gasteiger partial charge is 0.148 e.